The molecule has 0 unspecified atom stereocenters. The summed E-state index contributed by atoms with van der Waals surface area (Å²) in [4.78, 5) is 0.147. The van der Waals surface area contributed by atoms with Crippen molar-refractivity contribution in [2.75, 3.05) is 40.2 Å². The van der Waals surface area contributed by atoms with Crippen LogP contribution in [0.2, 0.25) is 0 Å². The molecule has 0 aromatic heterocycles. The summed E-state index contributed by atoms with van der Waals surface area (Å²) >= 11 is 0. The molecule has 0 aliphatic rings. The number of nitrogen functional groups attached to an aromatic ring is 1. The molecule has 0 spiro atoms. The fourth-order valence-corrected chi connectivity index (χ4v) is 2.16. The van der Waals surface area contributed by atoms with Crippen LogP contribution in [-0.4, -0.2) is 47.1 Å². The van der Waals surface area contributed by atoms with Gasteiger partial charge in [0.25, 0.3) is 0 Å². The van der Waals surface area contributed by atoms with E-state index in [0.717, 1.165) is 4.31 Å². The third-order valence-corrected chi connectivity index (χ3v) is 4.12. The predicted octanol–water partition coefficient (Wildman–Crippen LogP) is 0.544. The van der Waals surface area contributed by atoms with Gasteiger partial charge in [-0.3, -0.25) is 0 Å². The summed E-state index contributed by atoms with van der Waals surface area (Å²) in [6, 6.07) is 4.38. The number of nitrogens with two attached hydrogens (primary N) is 1. The number of hydrogen-bond acceptors (Lipinski definition) is 5. The second kappa shape index (κ2) is 6.03. The standard InChI is InChI=1S/C11H18N2O4S/c1-13(2)18(14,15)9-4-5-10(12)11(8-9)17-7-6-16-3/h4-5,8H,6-7,12H2,1-3H3. The fraction of sp³-hybridized carbons (Fsp3) is 0.455. The molecule has 0 saturated carbocycles. The minimum atomic E-state index is -3.48. The molecule has 0 bridgehead atoms. The number of nitrogens with zero attached hydrogens (tertiary/aromatic N) is 1. The molecule has 1 rings (SSSR count). The lowest BCUT2D eigenvalue weighted by Crippen LogP contribution is -2.22. The molecule has 0 fully saturated rings. The summed E-state index contributed by atoms with van der Waals surface area (Å²) in [6.45, 7) is 0.719. The van der Waals surface area contributed by atoms with E-state index in [1.807, 2.05) is 0 Å². The Morgan fingerprint density at radius 2 is 1.94 bits per heavy atom. The predicted molar refractivity (Wildman–Crippen MR) is 69.1 cm³/mol. The van der Waals surface area contributed by atoms with Crippen LogP contribution in [0, 0.1) is 0 Å². The van der Waals surface area contributed by atoms with Crippen molar-refractivity contribution in [1.82, 2.24) is 4.31 Å². The van der Waals surface area contributed by atoms with Gasteiger partial charge in [0.2, 0.25) is 10.0 Å². The van der Waals surface area contributed by atoms with E-state index in [2.05, 4.69) is 0 Å². The van der Waals surface area contributed by atoms with Crippen LogP contribution in [0.5, 0.6) is 5.75 Å². The van der Waals surface area contributed by atoms with Crippen LogP contribution in [0.4, 0.5) is 5.69 Å². The van der Waals surface area contributed by atoms with Crippen molar-refractivity contribution in [3.05, 3.63) is 18.2 Å². The summed E-state index contributed by atoms with van der Waals surface area (Å²) in [6.07, 6.45) is 0. The molecule has 0 atom stereocenters. The Bertz CT molecular complexity index is 500. The average molecular weight is 274 g/mol. The van der Waals surface area contributed by atoms with Gasteiger partial charge in [0.1, 0.15) is 12.4 Å². The zero-order chi connectivity index (χ0) is 13.8. The molecule has 6 nitrogen and oxygen atoms in total. The molecule has 0 aliphatic carbocycles. The number of methoxy groups -OCH3 is 1. The van der Waals surface area contributed by atoms with Crippen LogP contribution in [0.3, 0.4) is 0 Å². The van der Waals surface area contributed by atoms with E-state index in [1.165, 1.54) is 32.3 Å². The minimum Gasteiger partial charge on any atom is -0.489 e. The molecule has 0 radical (unpaired) electrons. The Labute approximate surface area is 107 Å². The van der Waals surface area contributed by atoms with E-state index in [0.29, 0.717) is 24.7 Å². The van der Waals surface area contributed by atoms with Gasteiger partial charge >= 0.3 is 0 Å². The normalized spacial score (nSPS) is 11.8. The SMILES string of the molecule is COCCOc1cc(S(=O)(=O)N(C)C)ccc1N. The van der Waals surface area contributed by atoms with Gasteiger partial charge in [0.15, 0.2) is 0 Å². The monoisotopic (exact) mass is 274 g/mol. The highest BCUT2D eigenvalue weighted by molar-refractivity contribution is 7.89. The molecule has 0 heterocycles. The molecule has 0 amide bonds. The maximum atomic E-state index is 11.9. The summed E-state index contributed by atoms with van der Waals surface area (Å²) in [7, 11) is 1.01. The van der Waals surface area contributed by atoms with E-state index in [1.54, 1.807) is 7.11 Å². The first-order valence-corrected chi connectivity index (χ1v) is 6.77. The number of hydrogen-bond donors (Lipinski definition) is 1. The number of benzene rings is 1. The van der Waals surface area contributed by atoms with Gasteiger partial charge in [0, 0.05) is 27.3 Å². The van der Waals surface area contributed by atoms with Crippen LogP contribution >= 0.6 is 0 Å². The van der Waals surface area contributed by atoms with Gasteiger partial charge in [0.05, 0.1) is 17.2 Å². The van der Waals surface area contributed by atoms with Crippen molar-refractivity contribution in [2.45, 2.75) is 4.90 Å². The van der Waals surface area contributed by atoms with Gasteiger partial charge in [-0.15, -0.1) is 0 Å². The number of ether oxygens (including phenoxy) is 2. The van der Waals surface area contributed by atoms with E-state index in [4.69, 9.17) is 15.2 Å². The Balaban J connectivity index is 3.01. The third-order valence-electron chi connectivity index (χ3n) is 2.31. The van der Waals surface area contributed by atoms with Crippen LogP contribution in [0.15, 0.2) is 23.1 Å². The van der Waals surface area contributed by atoms with Crippen molar-refractivity contribution in [1.29, 1.82) is 0 Å². The highest BCUT2D eigenvalue weighted by atomic mass is 32.2. The first kappa shape index (κ1) is 14.7. The number of rotatable bonds is 6. The molecular formula is C11H18N2O4S. The zero-order valence-electron chi connectivity index (χ0n) is 10.7. The number of sulfonamides is 1. The van der Waals surface area contributed by atoms with Crippen LogP contribution in [-0.2, 0) is 14.8 Å². The van der Waals surface area contributed by atoms with Crippen LogP contribution in [0.25, 0.3) is 0 Å². The van der Waals surface area contributed by atoms with Crippen molar-refractivity contribution in [2.24, 2.45) is 0 Å². The van der Waals surface area contributed by atoms with Crippen molar-refractivity contribution >= 4 is 15.7 Å². The molecule has 1 aromatic carbocycles. The fourth-order valence-electron chi connectivity index (χ4n) is 1.25. The van der Waals surface area contributed by atoms with E-state index in [-0.39, 0.29) is 4.90 Å². The van der Waals surface area contributed by atoms with Gasteiger partial charge < -0.3 is 15.2 Å². The lowest BCUT2D eigenvalue weighted by atomic mass is 10.3. The van der Waals surface area contributed by atoms with Gasteiger partial charge in [-0.25, -0.2) is 12.7 Å². The van der Waals surface area contributed by atoms with Crippen LogP contribution in [0.1, 0.15) is 0 Å². The molecule has 18 heavy (non-hydrogen) atoms. The van der Waals surface area contributed by atoms with E-state index >= 15 is 0 Å². The third kappa shape index (κ3) is 3.34. The molecule has 0 aliphatic heterocycles. The molecule has 102 valence electrons. The van der Waals surface area contributed by atoms with Gasteiger partial charge in [-0.1, -0.05) is 0 Å². The Hall–Kier alpha value is -1.31. The first-order valence-electron chi connectivity index (χ1n) is 5.33. The zero-order valence-corrected chi connectivity index (χ0v) is 11.5. The molecular weight excluding hydrogens is 256 g/mol. The summed E-state index contributed by atoms with van der Waals surface area (Å²) in [5.41, 5.74) is 6.11. The van der Waals surface area contributed by atoms with Gasteiger partial charge in [-0.2, -0.15) is 0 Å². The van der Waals surface area contributed by atoms with Crippen LogP contribution < -0.4 is 10.5 Å². The van der Waals surface area contributed by atoms with E-state index in [9.17, 15) is 8.42 Å². The minimum absolute atomic E-state index is 0.147. The van der Waals surface area contributed by atoms with Crippen molar-refractivity contribution in [3.63, 3.8) is 0 Å². The highest BCUT2D eigenvalue weighted by Gasteiger charge is 2.18. The second-order valence-corrected chi connectivity index (χ2v) is 5.98. The first-order chi connectivity index (χ1) is 8.39. The molecule has 7 heteroatoms. The topological polar surface area (TPSA) is 81.9 Å². The quantitative estimate of drug-likeness (QED) is 0.605. The molecule has 1 aromatic rings. The van der Waals surface area contributed by atoms with Gasteiger partial charge in [-0.05, 0) is 12.1 Å². The largest absolute Gasteiger partial charge is 0.489 e. The maximum absolute atomic E-state index is 11.9. The smallest absolute Gasteiger partial charge is 0.242 e. The maximum Gasteiger partial charge on any atom is 0.242 e. The Kier molecular flexibility index (Phi) is 4.94. The average Bonchev–Trinajstić information content (AvgIpc) is 2.31. The Morgan fingerprint density at radius 1 is 1.28 bits per heavy atom. The molecule has 0 saturated heterocycles. The summed E-state index contributed by atoms with van der Waals surface area (Å²) < 4.78 is 35.2. The lowest BCUT2D eigenvalue weighted by molar-refractivity contribution is 0.146. The van der Waals surface area contributed by atoms with E-state index < -0.39 is 10.0 Å². The highest BCUT2D eigenvalue weighted by Crippen LogP contribution is 2.26. The molecule has 2 N–H and O–H groups in total. The number of anilines is 1. The summed E-state index contributed by atoms with van der Waals surface area (Å²) in [5, 5.41) is 0. The summed E-state index contributed by atoms with van der Waals surface area (Å²) in [5.74, 6) is 0.343. The lowest BCUT2D eigenvalue weighted by Gasteiger charge is -2.14. The Morgan fingerprint density at radius 3 is 2.50 bits per heavy atom. The second-order valence-electron chi connectivity index (χ2n) is 3.83. The van der Waals surface area contributed by atoms with Crippen molar-refractivity contribution in [3.8, 4) is 5.75 Å². The van der Waals surface area contributed by atoms with Crippen molar-refractivity contribution < 1.29 is 17.9 Å².